The Kier molecular flexibility index (Phi) is 5.39. The van der Waals surface area contributed by atoms with Crippen LogP contribution in [0.5, 0.6) is 5.75 Å². The molecule has 0 saturated heterocycles. The Hall–Kier alpha value is -1.31. The van der Waals surface area contributed by atoms with Gasteiger partial charge in [-0.3, -0.25) is 0 Å². The van der Waals surface area contributed by atoms with Crippen molar-refractivity contribution in [3.8, 4) is 5.75 Å². The molecule has 0 saturated carbocycles. The number of Topliss-reactive ketones (excluding diaryl/α,β-unsaturated/α-hetero) is 1. The van der Waals surface area contributed by atoms with Gasteiger partial charge in [0, 0.05) is 6.42 Å². The van der Waals surface area contributed by atoms with E-state index in [9.17, 15) is 4.79 Å². The van der Waals surface area contributed by atoms with Crippen LogP contribution >= 0.6 is 0 Å². The van der Waals surface area contributed by atoms with Gasteiger partial charge in [-0.25, -0.2) is 0 Å². The lowest BCUT2D eigenvalue weighted by Gasteiger charge is -2.15. The molecule has 18 heavy (non-hydrogen) atoms. The normalized spacial score (nSPS) is 12.3. The quantitative estimate of drug-likeness (QED) is 0.764. The van der Waals surface area contributed by atoms with Crippen molar-refractivity contribution in [2.75, 3.05) is 6.61 Å². The van der Waals surface area contributed by atoms with Gasteiger partial charge >= 0.3 is 0 Å². The van der Waals surface area contributed by atoms with Crippen LogP contribution in [0.2, 0.25) is 0 Å². The molecule has 0 spiro atoms. The molecule has 0 aromatic heterocycles. The molecule has 0 bridgehead atoms. The first-order valence-corrected chi connectivity index (χ1v) is 6.66. The van der Waals surface area contributed by atoms with Crippen LogP contribution in [0.3, 0.4) is 0 Å². The second kappa shape index (κ2) is 6.58. The maximum atomic E-state index is 11.1. The lowest BCUT2D eigenvalue weighted by atomic mass is 9.92. The van der Waals surface area contributed by atoms with Gasteiger partial charge in [0.05, 0.1) is 6.61 Å². The Morgan fingerprint density at radius 2 is 1.94 bits per heavy atom. The lowest BCUT2D eigenvalue weighted by molar-refractivity contribution is -0.117. The van der Waals surface area contributed by atoms with Gasteiger partial charge in [-0.2, -0.15) is 0 Å². The minimum atomic E-state index is 0.266. The molecule has 1 atom stereocenters. The molecule has 2 heteroatoms. The number of ether oxygens (including phenoxy) is 1. The van der Waals surface area contributed by atoms with E-state index < -0.39 is 0 Å². The molecule has 0 amide bonds. The molecule has 100 valence electrons. The summed E-state index contributed by atoms with van der Waals surface area (Å²) in [5.41, 5.74) is 3.75. The van der Waals surface area contributed by atoms with E-state index in [-0.39, 0.29) is 5.78 Å². The zero-order chi connectivity index (χ0) is 13.7. The SMILES string of the molecule is CCOc1cc(C)c(CC(C)CC(C)=O)cc1C. The average Bonchev–Trinajstić information content (AvgIpc) is 2.24. The van der Waals surface area contributed by atoms with Crippen LogP contribution in [-0.2, 0) is 11.2 Å². The summed E-state index contributed by atoms with van der Waals surface area (Å²) in [6.07, 6.45) is 1.62. The van der Waals surface area contributed by atoms with Gasteiger partial charge in [0.1, 0.15) is 11.5 Å². The number of rotatable bonds is 6. The van der Waals surface area contributed by atoms with Crippen LogP contribution in [0.1, 0.15) is 43.9 Å². The summed E-state index contributed by atoms with van der Waals surface area (Å²) >= 11 is 0. The fraction of sp³-hybridized carbons (Fsp3) is 0.562. The van der Waals surface area contributed by atoms with Gasteiger partial charge in [0.15, 0.2) is 0 Å². The fourth-order valence-corrected chi connectivity index (χ4v) is 2.32. The van der Waals surface area contributed by atoms with E-state index in [4.69, 9.17) is 4.74 Å². The minimum absolute atomic E-state index is 0.266. The van der Waals surface area contributed by atoms with Gasteiger partial charge in [-0.05, 0) is 62.8 Å². The topological polar surface area (TPSA) is 26.3 Å². The molecule has 1 aromatic carbocycles. The van der Waals surface area contributed by atoms with Crippen LogP contribution in [-0.4, -0.2) is 12.4 Å². The van der Waals surface area contributed by atoms with E-state index in [1.54, 1.807) is 6.92 Å². The van der Waals surface area contributed by atoms with E-state index in [0.29, 0.717) is 18.9 Å². The maximum Gasteiger partial charge on any atom is 0.130 e. The number of hydrogen-bond acceptors (Lipinski definition) is 2. The number of aryl methyl sites for hydroxylation is 2. The van der Waals surface area contributed by atoms with Gasteiger partial charge in [0.2, 0.25) is 0 Å². The van der Waals surface area contributed by atoms with E-state index in [1.807, 2.05) is 6.92 Å². The molecular formula is C16H24O2. The number of carbonyl (C=O) groups excluding carboxylic acids is 1. The predicted molar refractivity (Wildman–Crippen MR) is 75.3 cm³/mol. The number of carbonyl (C=O) groups is 1. The van der Waals surface area contributed by atoms with Crippen LogP contribution in [0.25, 0.3) is 0 Å². The van der Waals surface area contributed by atoms with Crippen molar-refractivity contribution < 1.29 is 9.53 Å². The highest BCUT2D eigenvalue weighted by Gasteiger charge is 2.10. The highest BCUT2D eigenvalue weighted by Crippen LogP contribution is 2.25. The summed E-state index contributed by atoms with van der Waals surface area (Å²) in [6.45, 7) is 10.7. The smallest absolute Gasteiger partial charge is 0.130 e. The molecule has 0 aliphatic heterocycles. The Bertz CT molecular complexity index is 421. The van der Waals surface area contributed by atoms with Gasteiger partial charge < -0.3 is 9.53 Å². The van der Waals surface area contributed by atoms with Crippen molar-refractivity contribution in [1.29, 1.82) is 0 Å². The zero-order valence-corrected chi connectivity index (χ0v) is 12.2. The summed E-state index contributed by atoms with van der Waals surface area (Å²) in [7, 11) is 0. The third kappa shape index (κ3) is 4.17. The van der Waals surface area contributed by atoms with Gasteiger partial charge in [0.25, 0.3) is 0 Å². The molecule has 0 heterocycles. The second-order valence-electron chi connectivity index (χ2n) is 5.19. The molecule has 0 N–H and O–H groups in total. The van der Waals surface area contributed by atoms with Gasteiger partial charge in [-0.1, -0.05) is 13.0 Å². The molecule has 0 aliphatic rings. The largest absolute Gasteiger partial charge is 0.494 e. The molecule has 0 aliphatic carbocycles. The molecule has 1 aromatic rings. The highest BCUT2D eigenvalue weighted by atomic mass is 16.5. The molecule has 1 rings (SSSR count). The Morgan fingerprint density at radius 3 is 2.50 bits per heavy atom. The van der Waals surface area contributed by atoms with E-state index in [0.717, 1.165) is 12.2 Å². The Balaban J connectivity index is 2.84. The Morgan fingerprint density at radius 1 is 1.28 bits per heavy atom. The van der Waals surface area contributed by atoms with E-state index >= 15 is 0 Å². The van der Waals surface area contributed by atoms with E-state index in [1.165, 1.54) is 16.7 Å². The zero-order valence-electron chi connectivity index (χ0n) is 12.2. The average molecular weight is 248 g/mol. The molecule has 1 unspecified atom stereocenters. The molecule has 0 fully saturated rings. The van der Waals surface area contributed by atoms with Crippen molar-refractivity contribution in [1.82, 2.24) is 0 Å². The Labute approximate surface area is 110 Å². The summed E-state index contributed by atoms with van der Waals surface area (Å²) in [5, 5.41) is 0. The number of ketones is 1. The van der Waals surface area contributed by atoms with Crippen LogP contribution < -0.4 is 4.74 Å². The van der Waals surface area contributed by atoms with Crippen LogP contribution in [0, 0.1) is 19.8 Å². The monoisotopic (exact) mass is 248 g/mol. The van der Waals surface area contributed by atoms with E-state index in [2.05, 4.69) is 32.9 Å². The standard InChI is InChI=1S/C16H24O2/c1-6-18-16-10-12(3)15(9-13(16)4)8-11(2)7-14(5)17/h9-11H,6-8H2,1-5H3. The second-order valence-corrected chi connectivity index (χ2v) is 5.19. The van der Waals surface area contributed by atoms with Crippen molar-refractivity contribution in [3.63, 3.8) is 0 Å². The van der Waals surface area contributed by atoms with Crippen LogP contribution in [0.15, 0.2) is 12.1 Å². The third-order valence-electron chi connectivity index (χ3n) is 3.14. The van der Waals surface area contributed by atoms with Crippen molar-refractivity contribution in [2.45, 2.75) is 47.5 Å². The van der Waals surface area contributed by atoms with Crippen molar-refractivity contribution >= 4 is 5.78 Å². The number of benzene rings is 1. The predicted octanol–water partition coefficient (Wildman–Crippen LogP) is 3.86. The van der Waals surface area contributed by atoms with Gasteiger partial charge in [-0.15, -0.1) is 0 Å². The molecule has 2 nitrogen and oxygen atoms in total. The summed E-state index contributed by atoms with van der Waals surface area (Å²) < 4.78 is 5.59. The summed E-state index contributed by atoms with van der Waals surface area (Å²) in [6, 6.07) is 4.30. The third-order valence-corrected chi connectivity index (χ3v) is 3.14. The first-order valence-electron chi connectivity index (χ1n) is 6.66. The minimum Gasteiger partial charge on any atom is -0.494 e. The van der Waals surface area contributed by atoms with Crippen molar-refractivity contribution in [3.05, 3.63) is 28.8 Å². The first kappa shape index (κ1) is 14.7. The molecular weight excluding hydrogens is 224 g/mol. The fourth-order valence-electron chi connectivity index (χ4n) is 2.32. The number of hydrogen-bond donors (Lipinski definition) is 0. The highest BCUT2D eigenvalue weighted by molar-refractivity contribution is 5.75. The molecule has 0 radical (unpaired) electrons. The van der Waals surface area contributed by atoms with Crippen molar-refractivity contribution in [2.24, 2.45) is 5.92 Å². The van der Waals surface area contributed by atoms with Crippen LogP contribution in [0.4, 0.5) is 0 Å². The maximum absolute atomic E-state index is 11.1. The first-order chi connectivity index (χ1) is 8.43. The lowest BCUT2D eigenvalue weighted by Crippen LogP contribution is -2.07. The summed E-state index contributed by atoms with van der Waals surface area (Å²) in [4.78, 5) is 11.1. The summed E-state index contributed by atoms with van der Waals surface area (Å²) in [5.74, 6) is 1.64.